The van der Waals surface area contributed by atoms with E-state index in [1.807, 2.05) is 13.8 Å². The monoisotopic (exact) mass is 331 g/mol. The van der Waals surface area contributed by atoms with E-state index in [4.69, 9.17) is 0 Å². The summed E-state index contributed by atoms with van der Waals surface area (Å²) < 4.78 is 23.3. The summed E-state index contributed by atoms with van der Waals surface area (Å²) in [6, 6.07) is 12.8. The van der Waals surface area contributed by atoms with Crippen LogP contribution in [0.15, 0.2) is 42.5 Å². The minimum absolute atomic E-state index is 0.0720. The van der Waals surface area contributed by atoms with E-state index in [-0.39, 0.29) is 5.91 Å². The second-order valence-electron chi connectivity index (χ2n) is 5.46. The Morgan fingerprint density at radius 1 is 1.04 bits per heavy atom. The first kappa shape index (κ1) is 17.2. The highest BCUT2D eigenvalue weighted by molar-refractivity contribution is 7.80. The molecule has 2 aromatic carbocycles. The number of carbonyl (C=O) groups is 1. The molecule has 2 N–H and O–H groups in total. The van der Waals surface area contributed by atoms with Crippen LogP contribution in [0.25, 0.3) is 0 Å². The highest BCUT2D eigenvalue weighted by Crippen LogP contribution is 2.15. The Morgan fingerprint density at radius 3 is 2.17 bits per heavy atom. The molecule has 2 rings (SSSR count). The number of benzene rings is 2. The Kier molecular flexibility index (Phi) is 5.90. The number of hydrogen-bond donors (Lipinski definition) is 2. The van der Waals surface area contributed by atoms with Gasteiger partial charge in [-0.3, -0.25) is 9.00 Å². The number of carbonyl (C=O) groups excluding carboxylic acids is 1. The number of aryl methyl sites for hydroxylation is 3. The molecular weight excluding hydrogens is 312 g/mol. The van der Waals surface area contributed by atoms with Gasteiger partial charge in [-0.15, -0.1) is 0 Å². The predicted octanol–water partition coefficient (Wildman–Crippen LogP) is 3.08. The Labute approximate surface area is 138 Å². The second kappa shape index (κ2) is 7.89. The fourth-order valence-corrected chi connectivity index (χ4v) is 2.74. The van der Waals surface area contributed by atoms with Crippen LogP contribution in [0.3, 0.4) is 0 Å². The van der Waals surface area contributed by atoms with Crippen LogP contribution in [0.1, 0.15) is 23.1 Å². The Morgan fingerprint density at radius 2 is 1.61 bits per heavy atom. The number of rotatable bonds is 6. The number of amides is 1. The minimum Gasteiger partial charge on any atom is -0.755 e. The molecule has 1 unspecified atom stereocenters. The van der Waals surface area contributed by atoms with Crippen LogP contribution in [0.4, 0.5) is 11.4 Å². The summed E-state index contributed by atoms with van der Waals surface area (Å²) in [6.07, 6.45) is 1.08. The maximum Gasteiger partial charge on any atom is 0.224 e. The van der Waals surface area contributed by atoms with Crippen LogP contribution < -0.4 is 10.0 Å². The highest BCUT2D eigenvalue weighted by atomic mass is 32.2. The Hall–Kier alpha value is -2.18. The largest absolute Gasteiger partial charge is 0.755 e. The fraction of sp³-hybridized carbons (Fsp3) is 0.235. The zero-order chi connectivity index (χ0) is 16.8. The maximum absolute atomic E-state index is 12.0. The summed E-state index contributed by atoms with van der Waals surface area (Å²) in [4.78, 5) is 12.0. The first-order valence-corrected chi connectivity index (χ1v) is 8.33. The quantitative estimate of drug-likeness (QED) is 0.798. The number of hydrogen-bond acceptors (Lipinski definition) is 3. The lowest BCUT2D eigenvalue weighted by molar-refractivity contribution is -0.116. The Balaban J connectivity index is 1.88. The SMILES string of the molecule is Cc1cc(C)cc(CCC(=O)Nc2ccc(NS(=O)[O-])cc2)c1. The van der Waals surface area contributed by atoms with Gasteiger partial charge in [-0.1, -0.05) is 29.3 Å². The normalized spacial score (nSPS) is 11.8. The van der Waals surface area contributed by atoms with Crippen molar-refractivity contribution in [3.05, 3.63) is 59.2 Å². The van der Waals surface area contributed by atoms with Crippen molar-refractivity contribution in [2.75, 3.05) is 10.0 Å². The lowest BCUT2D eigenvalue weighted by Gasteiger charge is -2.10. The van der Waals surface area contributed by atoms with E-state index in [2.05, 4.69) is 28.2 Å². The van der Waals surface area contributed by atoms with Gasteiger partial charge in [0.2, 0.25) is 5.91 Å². The lowest BCUT2D eigenvalue weighted by Crippen LogP contribution is -2.12. The van der Waals surface area contributed by atoms with Gasteiger partial charge in [0.25, 0.3) is 0 Å². The molecule has 0 saturated heterocycles. The van der Waals surface area contributed by atoms with Crippen molar-refractivity contribution in [2.45, 2.75) is 26.7 Å². The van der Waals surface area contributed by atoms with Crippen molar-refractivity contribution in [3.63, 3.8) is 0 Å². The van der Waals surface area contributed by atoms with E-state index in [0.717, 1.165) is 5.56 Å². The van der Waals surface area contributed by atoms with Crippen LogP contribution in [-0.2, 0) is 22.5 Å². The topological polar surface area (TPSA) is 81.3 Å². The molecule has 23 heavy (non-hydrogen) atoms. The molecule has 0 fully saturated rings. The molecular formula is C17H19N2O3S-. The van der Waals surface area contributed by atoms with Crippen molar-refractivity contribution in [3.8, 4) is 0 Å². The second-order valence-corrected chi connectivity index (χ2v) is 6.13. The number of nitrogens with one attached hydrogen (secondary N) is 2. The van der Waals surface area contributed by atoms with Gasteiger partial charge in [0.05, 0.1) is 0 Å². The summed E-state index contributed by atoms with van der Waals surface area (Å²) in [5.74, 6) is -0.0720. The molecule has 0 spiro atoms. The van der Waals surface area contributed by atoms with E-state index in [0.29, 0.717) is 24.2 Å². The fourth-order valence-electron chi connectivity index (χ4n) is 2.41. The van der Waals surface area contributed by atoms with E-state index in [1.165, 1.54) is 11.1 Å². The van der Waals surface area contributed by atoms with Crippen LogP contribution in [0.5, 0.6) is 0 Å². The standard InChI is InChI=1S/C17H20N2O3S/c1-12-9-13(2)11-14(10-12)3-8-17(20)18-15-4-6-16(7-5-15)19-23(21)22/h4-7,9-11,19H,3,8H2,1-2H3,(H,18,20)(H,21,22)/p-1. The molecule has 122 valence electrons. The van der Waals surface area contributed by atoms with Crippen molar-refractivity contribution >= 4 is 28.5 Å². The third kappa shape index (κ3) is 5.84. The van der Waals surface area contributed by atoms with Crippen molar-refractivity contribution in [2.24, 2.45) is 0 Å². The van der Waals surface area contributed by atoms with Gasteiger partial charge in [-0.25, -0.2) is 0 Å². The zero-order valence-corrected chi connectivity index (χ0v) is 13.9. The molecule has 1 amide bonds. The van der Waals surface area contributed by atoms with Gasteiger partial charge in [-0.05, 0) is 50.1 Å². The molecule has 0 bridgehead atoms. The molecule has 1 atom stereocenters. The summed E-state index contributed by atoms with van der Waals surface area (Å²) in [5, 5.41) is 2.80. The third-order valence-electron chi connectivity index (χ3n) is 3.29. The molecule has 0 aliphatic heterocycles. The van der Waals surface area contributed by atoms with Crippen LogP contribution in [0.2, 0.25) is 0 Å². The van der Waals surface area contributed by atoms with Crippen molar-refractivity contribution in [1.29, 1.82) is 0 Å². The van der Waals surface area contributed by atoms with E-state index >= 15 is 0 Å². The zero-order valence-electron chi connectivity index (χ0n) is 13.1. The average molecular weight is 331 g/mol. The van der Waals surface area contributed by atoms with Crippen LogP contribution in [0, 0.1) is 13.8 Å². The van der Waals surface area contributed by atoms with Crippen LogP contribution in [-0.4, -0.2) is 14.7 Å². The Bertz CT molecular complexity index is 694. The summed E-state index contributed by atoms with van der Waals surface area (Å²) in [5.41, 5.74) is 4.62. The smallest absolute Gasteiger partial charge is 0.224 e. The first-order chi connectivity index (χ1) is 10.9. The summed E-state index contributed by atoms with van der Waals surface area (Å²) in [7, 11) is 0. The van der Waals surface area contributed by atoms with E-state index < -0.39 is 11.3 Å². The molecule has 2 aromatic rings. The molecule has 0 aliphatic rings. The summed E-state index contributed by atoms with van der Waals surface area (Å²) in [6.45, 7) is 4.09. The highest BCUT2D eigenvalue weighted by Gasteiger charge is 2.04. The molecule has 0 aromatic heterocycles. The molecule has 0 radical (unpaired) electrons. The van der Waals surface area contributed by atoms with Gasteiger partial charge in [0, 0.05) is 29.1 Å². The van der Waals surface area contributed by atoms with Gasteiger partial charge < -0.3 is 14.6 Å². The van der Waals surface area contributed by atoms with Crippen molar-refractivity contribution in [1.82, 2.24) is 0 Å². The van der Waals surface area contributed by atoms with E-state index in [9.17, 15) is 13.6 Å². The molecule has 5 nitrogen and oxygen atoms in total. The van der Waals surface area contributed by atoms with Gasteiger partial charge in [0.1, 0.15) is 0 Å². The molecule has 0 heterocycles. The van der Waals surface area contributed by atoms with Crippen molar-refractivity contribution < 1.29 is 13.6 Å². The summed E-state index contributed by atoms with van der Waals surface area (Å²) >= 11 is -2.35. The van der Waals surface area contributed by atoms with E-state index in [1.54, 1.807) is 24.3 Å². The van der Waals surface area contributed by atoms with Gasteiger partial charge >= 0.3 is 0 Å². The predicted molar refractivity (Wildman–Crippen MR) is 91.9 cm³/mol. The molecule has 0 aliphatic carbocycles. The molecule has 0 saturated carbocycles. The van der Waals surface area contributed by atoms with Crippen LogP contribution >= 0.6 is 0 Å². The third-order valence-corrected chi connectivity index (χ3v) is 3.69. The minimum atomic E-state index is -2.35. The first-order valence-electron chi connectivity index (χ1n) is 7.25. The van der Waals surface area contributed by atoms with Gasteiger partial charge in [-0.2, -0.15) is 0 Å². The lowest BCUT2D eigenvalue weighted by atomic mass is 10.0. The molecule has 6 heteroatoms. The number of anilines is 2. The van der Waals surface area contributed by atoms with Gasteiger partial charge in [0.15, 0.2) is 0 Å². The average Bonchev–Trinajstić information content (AvgIpc) is 2.46. The maximum atomic E-state index is 12.0.